The third-order valence-corrected chi connectivity index (χ3v) is 4.56. The van der Waals surface area contributed by atoms with Crippen LogP contribution in [-0.2, 0) is 9.59 Å². The summed E-state index contributed by atoms with van der Waals surface area (Å²) in [5.74, 6) is -0.217. The van der Waals surface area contributed by atoms with Crippen LogP contribution >= 0.6 is 0 Å². The zero-order valence-corrected chi connectivity index (χ0v) is 13.3. The molecule has 1 aromatic carbocycles. The van der Waals surface area contributed by atoms with Crippen LogP contribution in [0.5, 0.6) is 0 Å². The molecular formula is C18H25NO3. The average Bonchev–Trinajstić information content (AvgIpc) is 2.46. The Morgan fingerprint density at radius 3 is 2.82 bits per heavy atom. The number of carboxylic acids is 1. The Morgan fingerprint density at radius 2 is 2.14 bits per heavy atom. The molecule has 1 aromatic rings. The lowest BCUT2D eigenvalue weighted by molar-refractivity contribution is -0.138. The van der Waals surface area contributed by atoms with Crippen molar-refractivity contribution in [2.45, 2.75) is 51.9 Å². The number of aliphatic carboxylic acids is 1. The Balaban J connectivity index is 1.94. The van der Waals surface area contributed by atoms with Crippen LogP contribution < -0.4 is 5.32 Å². The molecule has 4 heteroatoms. The maximum Gasteiger partial charge on any atom is 0.310 e. The van der Waals surface area contributed by atoms with Gasteiger partial charge in [-0.05, 0) is 49.3 Å². The van der Waals surface area contributed by atoms with Gasteiger partial charge in [-0.15, -0.1) is 0 Å². The van der Waals surface area contributed by atoms with Crippen molar-refractivity contribution in [1.82, 2.24) is 0 Å². The molecule has 0 saturated heterocycles. The van der Waals surface area contributed by atoms with Crippen LogP contribution in [0.25, 0.3) is 0 Å². The summed E-state index contributed by atoms with van der Waals surface area (Å²) in [6.45, 7) is 3.90. The second-order valence-corrected chi connectivity index (χ2v) is 6.58. The van der Waals surface area contributed by atoms with Crippen molar-refractivity contribution < 1.29 is 14.7 Å². The van der Waals surface area contributed by atoms with Crippen LogP contribution in [0.15, 0.2) is 24.3 Å². The van der Waals surface area contributed by atoms with Gasteiger partial charge in [0.1, 0.15) is 0 Å². The number of hydrogen-bond acceptors (Lipinski definition) is 2. The number of anilines is 1. The first-order valence-corrected chi connectivity index (χ1v) is 8.08. The smallest absolute Gasteiger partial charge is 0.310 e. The summed E-state index contributed by atoms with van der Waals surface area (Å²) >= 11 is 0. The standard InChI is InChI=1S/C18H25NO3/c1-12-5-3-6-14(9-12)10-17(20)19-16-8-4-7-15(11-16)13(2)18(21)22/h4,7-8,11-14H,3,5-6,9-10H2,1-2H3,(H,19,20)(H,21,22). The zero-order valence-electron chi connectivity index (χ0n) is 13.3. The summed E-state index contributed by atoms with van der Waals surface area (Å²) < 4.78 is 0. The second-order valence-electron chi connectivity index (χ2n) is 6.58. The fourth-order valence-corrected chi connectivity index (χ4v) is 3.25. The van der Waals surface area contributed by atoms with Crippen molar-refractivity contribution in [3.63, 3.8) is 0 Å². The number of amides is 1. The first kappa shape index (κ1) is 16.5. The molecular weight excluding hydrogens is 278 g/mol. The molecule has 1 aliphatic rings. The minimum absolute atomic E-state index is 0.0271. The first-order valence-electron chi connectivity index (χ1n) is 8.08. The van der Waals surface area contributed by atoms with Gasteiger partial charge < -0.3 is 10.4 Å². The summed E-state index contributed by atoms with van der Waals surface area (Å²) in [7, 11) is 0. The second kappa shape index (κ2) is 7.43. The Morgan fingerprint density at radius 1 is 1.36 bits per heavy atom. The molecule has 0 radical (unpaired) electrons. The van der Waals surface area contributed by atoms with Crippen LogP contribution in [-0.4, -0.2) is 17.0 Å². The lowest BCUT2D eigenvalue weighted by Gasteiger charge is -2.26. The van der Waals surface area contributed by atoms with Crippen molar-refractivity contribution in [1.29, 1.82) is 0 Å². The summed E-state index contributed by atoms with van der Waals surface area (Å²) in [5, 5.41) is 12.0. The summed E-state index contributed by atoms with van der Waals surface area (Å²) in [4.78, 5) is 23.2. The molecule has 2 N–H and O–H groups in total. The van der Waals surface area contributed by atoms with Crippen LogP contribution in [0, 0.1) is 11.8 Å². The SMILES string of the molecule is CC1CCCC(CC(=O)Nc2cccc(C(C)C(=O)O)c2)C1. The highest BCUT2D eigenvalue weighted by atomic mass is 16.4. The van der Waals surface area contributed by atoms with E-state index in [1.807, 2.05) is 0 Å². The van der Waals surface area contributed by atoms with E-state index in [2.05, 4.69) is 12.2 Å². The highest BCUT2D eigenvalue weighted by Crippen LogP contribution is 2.31. The van der Waals surface area contributed by atoms with Gasteiger partial charge in [-0.3, -0.25) is 9.59 Å². The third kappa shape index (κ3) is 4.58. The molecule has 120 valence electrons. The number of rotatable bonds is 5. The number of nitrogens with one attached hydrogen (secondary N) is 1. The van der Waals surface area contributed by atoms with E-state index in [0.29, 0.717) is 29.5 Å². The molecule has 1 amide bonds. The predicted octanol–water partition coefficient (Wildman–Crippen LogP) is 4.03. The van der Waals surface area contributed by atoms with Crippen LogP contribution in [0.4, 0.5) is 5.69 Å². The quantitative estimate of drug-likeness (QED) is 0.863. The van der Waals surface area contributed by atoms with Crippen molar-refractivity contribution in [2.24, 2.45) is 11.8 Å². The molecule has 0 aliphatic heterocycles. The van der Waals surface area contributed by atoms with Crippen LogP contribution in [0.3, 0.4) is 0 Å². The summed E-state index contributed by atoms with van der Waals surface area (Å²) in [6.07, 6.45) is 5.30. The van der Waals surface area contributed by atoms with Gasteiger partial charge >= 0.3 is 5.97 Å². The van der Waals surface area contributed by atoms with Crippen molar-refractivity contribution >= 4 is 17.6 Å². The zero-order chi connectivity index (χ0) is 16.1. The molecule has 2 rings (SSSR count). The van der Waals surface area contributed by atoms with Gasteiger partial charge in [-0.25, -0.2) is 0 Å². The Bertz CT molecular complexity index is 541. The van der Waals surface area contributed by atoms with Crippen molar-refractivity contribution in [3.05, 3.63) is 29.8 Å². The first-order chi connectivity index (χ1) is 10.5. The number of benzene rings is 1. The van der Waals surface area contributed by atoms with E-state index in [4.69, 9.17) is 5.11 Å². The van der Waals surface area contributed by atoms with E-state index in [0.717, 1.165) is 12.8 Å². The molecule has 1 aliphatic carbocycles. The van der Waals surface area contributed by atoms with Crippen molar-refractivity contribution in [2.75, 3.05) is 5.32 Å². The fourth-order valence-electron chi connectivity index (χ4n) is 3.25. The van der Waals surface area contributed by atoms with Gasteiger partial charge in [0, 0.05) is 12.1 Å². The molecule has 4 nitrogen and oxygen atoms in total. The topological polar surface area (TPSA) is 66.4 Å². The summed E-state index contributed by atoms with van der Waals surface area (Å²) in [5.41, 5.74) is 1.39. The molecule has 1 saturated carbocycles. The van der Waals surface area contributed by atoms with Crippen LogP contribution in [0.2, 0.25) is 0 Å². The Labute approximate surface area is 131 Å². The molecule has 0 spiro atoms. The van der Waals surface area contributed by atoms with E-state index < -0.39 is 11.9 Å². The van der Waals surface area contributed by atoms with Gasteiger partial charge in [0.2, 0.25) is 5.91 Å². The van der Waals surface area contributed by atoms with Gasteiger partial charge in [-0.2, -0.15) is 0 Å². The molecule has 1 fully saturated rings. The van der Waals surface area contributed by atoms with E-state index in [1.165, 1.54) is 12.8 Å². The Hall–Kier alpha value is -1.84. The van der Waals surface area contributed by atoms with Crippen molar-refractivity contribution in [3.8, 4) is 0 Å². The molecule has 22 heavy (non-hydrogen) atoms. The average molecular weight is 303 g/mol. The van der Waals surface area contributed by atoms with E-state index in [1.54, 1.807) is 31.2 Å². The fraction of sp³-hybridized carbons (Fsp3) is 0.556. The molecule has 0 heterocycles. The predicted molar refractivity (Wildman–Crippen MR) is 86.9 cm³/mol. The molecule has 0 bridgehead atoms. The van der Waals surface area contributed by atoms with Gasteiger partial charge in [0.05, 0.1) is 5.92 Å². The largest absolute Gasteiger partial charge is 0.481 e. The minimum Gasteiger partial charge on any atom is -0.481 e. The molecule has 3 atom stereocenters. The van der Waals surface area contributed by atoms with Crippen LogP contribution in [0.1, 0.15) is 57.4 Å². The lowest BCUT2D eigenvalue weighted by atomic mass is 9.81. The molecule has 0 aromatic heterocycles. The number of carbonyl (C=O) groups excluding carboxylic acids is 1. The highest BCUT2D eigenvalue weighted by molar-refractivity contribution is 5.91. The van der Waals surface area contributed by atoms with E-state index in [-0.39, 0.29) is 5.91 Å². The molecule has 3 unspecified atom stereocenters. The normalized spacial score (nSPS) is 22.8. The maximum absolute atomic E-state index is 12.2. The monoisotopic (exact) mass is 303 g/mol. The van der Waals surface area contributed by atoms with Gasteiger partial charge in [-0.1, -0.05) is 31.9 Å². The maximum atomic E-state index is 12.2. The summed E-state index contributed by atoms with van der Waals surface area (Å²) in [6, 6.07) is 7.12. The lowest BCUT2D eigenvalue weighted by Crippen LogP contribution is -2.21. The number of carbonyl (C=O) groups is 2. The van der Waals surface area contributed by atoms with Gasteiger partial charge in [0.25, 0.3) is 0 Å². The van der Waals surface area contributed by atoms with Gasteiger partial charge in [0.15, 0.2) is 0 Å². The van der Waals surface area contributed by atoms with E-state index in [9.17, 15) is 9.59 Å². The number of hydrogen-bond donors (Lipinski definition) is 2. The van der Waals surface area contributed by atoms with E-state index >= 15 is 0 Å². The number of carboxylic acid groups (broad SMARTS) is 1. The minimum atomic E-state index is -0.861. The highest BCUT2D eigenvalue weighted by Gasteiger charge is 2.21. The third-order valence-electron chi connectivity index (χ3n) is 4.56. The Kier molecular flexibility index (Phi) is 5.58.